The van der Waals surface area contributed by atoms with E-state index >= 15 is 0 Å². The van der Waals surface area contributed by atoms with Gasteiger partial charge in [0.1, 0.15) is 0 Å². The lowest BCUT2D eigenvalue weighted by Gasteiger charge is -2.02. The summed E-state index contributed by atoms with van der Waals surface area (Å²) in [5, 5.41) is 25.0. The predicted molar refractivity (Wildman–Crippen MR) is 29.1 cm³/mol. The van der Waals surface area contributed by atoms with E-state index in [1.54, 1.807) is 0 Å². The van der Waals surface area contributed by atoms with Crippen LogP contribution in [0.15, 0.2) is 0 Å². The van der Waals surface area contributed by atoms with Gasteiger partial charge in [-0.1, -0.05) is 0 Å². The zero-order valence-electron chi connectivity index (χ0n) is 4.62. The third kappa shape index (κ3) is 4.05. The fourth-order valence-corrected chi connectivity index (χ4v) is 0.341. The van der Waals surface area contributed by atoms with Crippen molar-refractivity contribution in [2.24, 2.45) is 0 Å². The molecule has 0 saturated carbocycles. The second kappa shape index (κ2) is 5.03. The quantitative estimate of drug-likeness (QED) is 0.441. The van der Waals surface area contributed by atoms with Crippen molar-refractivity contribution in [3.05, 3.63) is 6.42 Å². The summed E-state index contributed by atoms with van der Waals surface area (Å²) in [6.07, 6.45) is 1.15. The third-order valence-corrected chi connectivity index (χ3v) is 0.779. The molecule has 0 spiro atoms. The second-order valence-electron chi connectivity index (χ2n) is 1.54. The van der Waals surface area contributed by atoms with Gasteiger partial charge in [0.25, 0.3) is 0 Å². The zero-order chi connectivity index (χ0) is 6.41. The normalized spacial score (nSPS) is 13.9. The van der Waals surface area contributed by atoms with E-state index in [1.807, 2.05) is 0 Å². The van der Waals surface area contributed by atoms with Crippen molar-refractivity contribution in [3.63, 3.8) is 0 Å². The molecule has 3 nitrogen and oxygen atoms in total. The van der Waals surface area contributed by atoms with Crippen molar-refractivity contribution in [2.45, 2.75) is 12.5 Å². The van der Waals surface area contributed by atoms with Gasteiger partial charge in [-0.05, 0) is 12.8 Å². The molecule has 0 aliphatic heterocycles. The minimum atomic E-state index is -0.706. The lowest BCUT2D eigenvalue weighted by Crippen LogP contribution is -2.12. The lowest BCUT2D eigenvalue weighted by atomic mass is 10.2. The Hall–Kier alpha value is -0.120. The third-order valence-electron chi connectivity index (χ3n) is 0.779. The molecule has 49 valence electrons. The fourth-order valence-electron chi connectivity index (χ4n) is 0.341. The van der Waals surface area contributed by atoms with Crippen LogP contribution in [0.3, 0.4) is 0 Å². The molecule has 0 bridgehead atoms. The molecule has 3 N–H and O–H groups in total. The number of aliphatic hydroxyl groups is 3. The molecule has 0 saturated heterocycles. The highest BCUT2D eigenvalue weighted by Gasteiger charge is 1.98. The van der Waals surface area contributed by atoms with Crippen LogP contribution in [-0.4, -0.2) is 34.6 Å². The Bertz CT molecular complexity index is 46.9. The first-order valence-corrected chi connectivity index (χ1v) is 2.52. The van der Waals surface area contributed by atoms with Crippen LogP contribution in [0.4, 0.5) is 0 Å². The van der Waals surface area contributed by atoms with Gasteiger partial charge in [-0.2, -0.15) is 0 Å². The Labute approximate surface area is 48.6 Å². The Morgan fingerprint density at radius 2 is 2.00 bits per heavy atom. The molecular formula is C5H11O3. The molecule has 0 fully saturated rings. The van der Waals surface area contributed by atoms with E-state index in [0.717, 1.165) is 0 Å². The van der Waals surface area contributed by atoms with Crippen LogP contribution >= 0.6 is 0 Å². The van der Waals surface area contributed by atoms with Crippen molar-refractivity contribution in [3.8, 4) is 0 Å². The van der Waals surface area contributed by atoms with Crippen molar-refractivity contribution in [1.29, 1.82) is 0 Å². The summed E-state index contributed by atoms with van der Waals surface area (Å²) >= 11 is 0. The molecule has 1 radical (unpaired) electrons. The van der Waals surface area contributed by atoms with Crippen LogP contribution in [0, 0.1) is 6.42 Å². The SMILES string of the molecule is OC[CH]CC(O)CO. The van der Waals surface area contributed by atoms with Crippen molar-refractivity contribution >= 4 is 0 Å². The Morgan fingerprint density at radius 3 is 2.38 bits per heavy atom. The summed E-state index contributed by atoms with van der Waals surface area (Å²) in [6.45, 7) is -0.284. The molecule has 0 aromatic rings. The molecular weight excluding hydrogens is 108 g/mol. The summed E-state index contributed by atoms with van der Waals surface area (Å²) in [5.41, 5.74) is 0. The first kappa shape index (κ1) is 7.88. The summed E-state index contributed by atoms with van der Waals surface area (Å²) in [5.74, 6) is 0. The van der Waals surface area contributed by atoms with E-state index in [1.165, 1.54) is 6.42 Å². The molecule has 3 heteroatoms. The molecule has 0 aromatic carbocycles. The second-order valence-corrected chi connectivity index (χ2v) is 1.54. The molecule has 0 aromatic heterocycles. The molecule has 1 atom stereocenters. The minimum absolute atomic E-state index is 0.0446. The van der Waals surface area contributed by atoms with Gasteiger partial charge >= 0.3 is 0 Å². The number of rotatable bonds is 4. The monoisotopic (exact) mass is 119 g/mol. The van der Waals surface area contributed by atoms with Crippen LogP contribution < -0.4 is 0 Å². The van der Waals surface area contributed by atoms with Crippen LogP contribution in [-0.2, 0) is 0 Å². The van der Waals surface area contributed by atoms with E-state index in [9.17, 15) is 0 Å². The summed E-state index contributed by atoms with van der Waals surface area (Å²) in [7, 11) is 0. The highest BCUT2D eigenvalue weighted by atomic mass is 16.3. The summed E-state index contributed by atoms with van der Waals surface area (Å²) in [4.78, 5) is 0. The average Bonchev–Trinajstić information content (AvgIpc) is 1.83. The number of hydrogen-bond donors (Lipinski definition) is 3. The maximum Gasteiger partial charge on any atom is 0.0774 e. The number of hydrogen-bond acceptors (Lipinski definition) is 3. The Morgan fingerprint density at radius 1 is 1.38 bits per heavy atom. The van der Waals surface area contributed by atoms with Crippen molar-refractivity contribution in [2.75, 3.05) is 13.2 Å². The number of aliphatic hydroxyl groups excluding tert-OH is 3. The molecule has 0 rings (SSSR count). The van der Waals surface area contributed by atoms with Gasteiger partial charge in [-0.3, -0.25) is 0 Å². The van der Waals surface area contributed by atoms with Crippen LogP contribution in [0.2, 0.25) is 0 Å². The molecule has 1 unspecified atom stereocenters. The largest absolute Gasteiger partial charge is 0.396 e. The molecule has 0 amide bonds. The first-order valence-electron chi connectivity index (χ1n) is 2.52. The molecule has 0 heterocycles. The highest BCUT2D eigenvalue weighted by Crippen LogP contribution is 1.91. The van der Waals surface area contributed by atoms with Crippen molar-refractivity contribution in [1.82, 2.24) is 0 Å². The van der Waals surface area contributed by atoms with Crippen LogP contribution in [0.1, 0.15) is 6.42 Å². The van der Waals surface area contributed by atoms with Crippen molar-refractivity contribution < 1.29 is 15.3 Å². The minimum Gasteiger partial charge on any atom is -0.396 e. The maximum atomic E-state index is 8.60. The first-order chi connectivity index (χ1) is 3.81. The molecule has 0 aliphatic carbocycles. The summed E-state index contributed by atoms with van der Waals surface area (Å²) in [6, 6.07) is 0. The molecule has 0 aliphatic rings. The average molecular weight is 119 g/mol. The molecule has 8 heavy (non-hydrogen) atoms. The van der Waals surface area contributed by atoms with E-state index < -0.39 is 6.10 Å². The van der Waals surface area contributed by atoms with E-state index in [2.05, 4.69) is 0 Å². The van der Waals surface area contributed by atoms with E-state index in [0.29, 0.717) is 6.42 Å². The van der Waals surface area contributed by atoms with Gasteiger partial charge in [-0.25, -0.2) is 0 Å². The van der Waals surface area contributed by atoms with Gasteiger partial charge in [-0.15, -0.1) is 0 Å². The summed E-state index contributed by atoms with van der Waals surface area (Å²) < 4.78 is 0. The highest BCUT2D eigenvalue weighted by molar-refractivity contribution is 4.67. The van der Waals surface area contributed by atoms with E-state index in [-0.39, 0.29) is 13.2 Å². The van der Waals surface area contributed by atoms with Crippen LogP contribution in [0.5, 0.6) is 0 Å². The van der Waals surface area contributed by atoms with E-state index in [4.69, 9.17) is 15.3 Å². The van der Waals surface area contributed by atoms with Gasteiger partial charge in [0.2, 0.25) is 0 Å². The Balaban J connectivity index is 2.86. The van der Waals surface area contributed by atoms with Crippen LogP contribution in [0.25, 0.3) is 0 Å². The maximum absolute atomic E-state index is 8.60. The standard InChI is InChI=1S/C5H11O3/c6-3-1-2-5(8)4-7/h1,5-8H,2-4H2. The zero-order valence-corrected chi connectivity index (χ0v) is 4.62. The van der Waals surface area contributed by atoms with Gasteiger partial charge < -0.3 is 15.3 Å². The smallest absolute Gasteiger partial charge is 0.0774 e. The fraction of sp³-hybridized carbons (Fsp3) is 0.800. The van der Waals surface area contributed by atoms with Gasteiger partial charge in [0.15, 0.2) is 0 Å². The predicted octanol–water partition coefficient (Wildman–Crippen LogP) is -1.07. The Kier molecular flexibility index (Phi) is 4.95. The van der Waals surface area contributed by atoms with Gasteiger partial charge in [0, 0.05) is 6.61 Å². The lowest BCUT2D eigenvalue weighted by molar-refractivity contribution is 0.0920. The topological polar surface area (TPSA) is 60.7 Å². The van der Waals surface area contributed by atoms with Gasteiger partial charge in [0.05, 0.1) is 12.7 Å².